The summed E-state index contributed by atoms with van der Waals surface area (Å²) in [6, 6.07) is 0. The van der Waals surface area contributed by atoms with Crippen molar-refractivity contribution in [1.29, 1.82) is 0 Å². The first-order valence-corrected chi connectivity index (χ1v) is 18.7. The largest absolute Gasteiger partial charge is 0.394 e. The first kappa shape index (κ1) is 42.7. The van der Waals surface area contributed by atoms with Gasteiger partial charge in [0.2, 0.25) is 0 Å². The molecule has 0 aromatic rings. The minimum Gasteiger partial charge on any atom is -0.394 e. The van der Waals surface area contributed by atoms with Crippen LogP contribution in [0.3, 0.4) is 0 Å². The molecular formula is C36H72O9. The summed E-state index contributed by atoms with van der Waals surface area (Å²) in [5.41, 5.74) is 0. The molecule has 0 aromatic heterocycles. The van der Waals surface area contributed by atoms with Gasteiger partial charge in [-0.05, 0) is 32.6 Å². The molecule has 0 aromatic carbocycles. The van der Waals surface area contributed by atoms with E-state index in [0.29, 0.717) is 19.3 Å². The van der Waals surface area contributed by atoms with Crippen molar-refractivity contribution in [2.45, 2.75) is 216 Å². The number of ether oxygens (including phenoxy) is 2. The molecule has 1 rings (SSSR count). The van der Waals surface area contributed by atoms with Crippen LogP contribution in [0.25, 0.3) is 0 Å². The molecule has 0 aliphatic carbocycles. The molecule has 1 aliphatic rings. The van der Waals surface area contributed by atoms with E-state index in [1.165, 1.54) is 116 Å². The lowest BCUT2D eigenvalue weighted by atomic mass is 9.99. The summed E-state index contributed by atoms with van der Waals surface area (Å²) < 4.78 is 10.8. The van der Waals surface area contributed by atoms with Crippen molar-refractivity contribution in [3.05, 3.63) is 0 Å². The van der Waals surface area contributed by atoms with Gasteiger partial charge < -0.3 is 45.2 Å². The molecule has 1 heterocycles. The van der Waals surface area contributed by atoms with E-state index in [2.05, 4.69) is 0 Å². The van der Waals surface area contributed by atoms with Crippen LogP contribution in [0.2, 0.25) is 0 Å². The molecule has 0 spiro atoms. The minimum absolute atomic E-state index is 0.160. The molecule has 9 heteroatoms. The second-order valence-corrected chi connectivity index (χ2v) is 13.8. The summed E-state index contributed by atoms with van der Waals surface area (Å²) in [6.07, 6.45) is 21.9. The lowest BCUT2D eigenvalue weighted by Crippen LogP contribution is -2.59. The minimum atomic E-state index is -1.45. The molecule has 0 saturated carbocycles. The zero-order valence-corrected chi connectivity index (χ0v) is 28.7. The fourth-order valence-corrected chi connectivity index (χ4v) is 6.30. The van der Waals surface area contributed by atoms with Gasteiger partial charge in [-0.25, -0.2) is 0 Å². The Kier molecular flexibility index (Phi) is 27.1. The van der Waals surface area contributed by atoms with Gasteiger partial charge in [0.1, 0.15) is 24.4 Å². The van der Waals surface area contributed by atoms with Crippen LogP contribution in [-0.4, -0.2) is 98.0 Å². The van der Waals surface area contributed by atoms with Crippen LogP contribution in [-0.2, 0) is 9.47 Å². The predicted molar refractivity (Wildman–Crippen MR) is 179 cm³/mol. The number of rotatable bonds is 31. The molecule has 270 valence electrons. The maximum absolute atomic E-state index is 10.2. The number of aliphatic hydroxyl groups excluding tert-OH is 7. The van der Waals surface area contributed by atoms with Gasteiger partial charge in [0.15, 0.2) is 6.29 Å². The average Bonchev–Trinajstić information content (AvgIpc) is 3.01. The van der Waals surface area contributed by atoms with Gasteiger partial charge in [0.05, 0.1) is 31.5 Å². The Balaban J connectivity index is 1.77. The molecule has 1 saturated heterocycles. The zero-order valence-electron chi connectivity index (χ0n) is 28.7. The van der Waals surface area contributed by atoms with E-state index in [9.17, 15) is 35.7 Å². The molecule has 7 N–H and O–H groups in total. The quantitative estimate of drug-likeness (QED) is 0.0471. The Morgan fingerprint density at radius 3 is 1.27 bits per heavy atom. The SMILES string of the molecule is C[C@@H](O)C[C@@H](O)CCCCCCCCCCCCCCCCCCCCCCC[C@@H](O)CCO[C@H]1OC(CO)[C@H](O)C(O)[C@@H]1O. The normalized spacial score (nSPS) is 24.1. The summed E-state index contributed by atoms with van der Waals surface area (Å²) in [5, 5.41) is 68.1. The Morgan fingerprint density at radius 2 is 0.889 bits per heavy atom. The van der Waals surface area contributed by atoms with Crippen LogP contribution in [0.4, 0.5) is 0 Å². The number of hydrogen-bond donors (Lipinski definition) is 7. The van der Waals surface area contributed by atoms with E-state index in [1.54, 1.807) is 6.92 Å². The molecule has 0 radical (unpaired) electrons. The van der Waals surface area contributed by atoms with E-state index in [1.807, 2.05) is 0 Å². The Labute approximate surface area is 274 Å². The topological polar surface area (TPSA) is 160 Å². The summed E-state index contributed by atoms with van der Waals surface area (Å²) >= 11 is 0. The van der Waals surface area contributed by atoms with E-state index >= 15 is 0 Å². The Morgan fingerprint density at radius 1 is 0.511 bits per heavy atom. The lowest BCUT2D eigenvalue weighted by molar-refractivity contribution is -0.301. The second kappa shape index (κ2) is 28.6. The Hall–Kier alpha value is -0.360. The molecule has 45 heavy (non-hydrogen) atoms. The summed E-state index contributed by atoms with van der Waals surface area (Å²) in [4.78, 5) is 0. The molecule has 1 aliphatic heterocycles. The van der Waals surface area contributed by atoms with Crippen molar-refractivity contribution >= 4 is 0 Å². The van der Waals surface area contributed by atoms with Crippen molar-refractivity contribution in [2.24, 2.45) is 0 Å². The van der Waals surface area contributed by atoms with Crippen LogP contribution in [0, 0.1) is 0 Å². The third kappa shape index (κ3) is 22.8. The van der Waals surface area contributed by atoms with Crippen molar-refractivity contribution < 1.29 is 45.2 Å². The fourth-order valence-electron chi connectivity index (χ4n) is 6.30. The Bertz CT molecular complexity index is 636. The van der Waals surface area contributed by atoms with Crippen molar-refractivity contribution in [2.75, 3.05) is 13.2 Å². The maximum atomic E-state index is 10.2. The standard InChI is InChI=1S/C36H72O9/c1-29(38)27-31(40)24-22-20-18-16-14-12-10-8-6-4-2-3-5-7-9-11-13-15-17-19-21-23-30(39)25-26-44-36-35(43)34(42)33(41)32(28-37)45-36/h29-43H,2-28H2,1H3/t29-,30-,31+,32?,33+,34?,35+,36+/m1/s1. The number of hydrogen-bond acceptors (Lipinski definition) is 9. The smallest absolute Gasteiger partial charge is 0.186 e. The molecular weight excluding hydrogens is 576 g/mol. The van der Waals surface area contributed by atoms with Crippen molar-refractivity contribution in [1.82, 2.24) is 0 Å². The van der Waals surface area contributed by atoms with E-state index in [4.69, 9.17) is 9.47 Å². The monoisotopic (exact) mass is 649 g/mol. The van der Waals surface area contributed by atoms with E-state index in [0.717, 1.165) is 25.7 Å². The van der Waals surface area contributed by atoms with Gasteiger partial charge in [-0.2, -0.15) is 0 Å². The summed E-state index contributed by atoms with van der Waals surface area (Å²) in [5.74, 6) is 0. The molecule has 8 atom stereocenters. The molecule has 2 unspecified atom stereocenters. The third-order valence-corrected chi connectivity index (χ3v) is 9.27. The van der Waals surface area contributed by atoms with Crippen molar-refractivity contribution in [3.8, 4) is 0 Å². The van der Waals surface area contributed by atoms with Crippen LogP contribution in [0.5, 0.6) is 0 Å². The number of aliphatic hydroxyl groups is 7. The lowest BCUT2D eigenvalue weighted by Gasteiger charge is -2.39. The van der Waals surface area contributed by atoms with Crippen LogP contribution >= 0.6 is 0 Å². The first-order valence-electron chi connectivity index (χ1n) is 18.7. The maximum Gasteiger partial charge on any atom is 0.186 e. The van der Waals surface area contributed by atoms with Gasteiger partial charge in [-0.15, -0.1) is 0 Å². The highest BCUT2D eigenvalue weighted by atomic mass is 16.7. The highest BCUT2D eigenvalue weighted by Gasteiger charge is 2.43. The van der Waals surface area contributed by atoms with E-state index in [-0.39, 0.29) is 12.7 Å². The van der Waals surface area contributed by atoms with Gasteiger partial charge >= 0.3 is 0 Å². The van der Waals surface area contributed by atoms with Gasteiger partial charge in [0.25, 0.3) is 0 Å². The first-order chi connectivity index (χ1) is 21.8. The second-order valence-electron chi connectivity index (χ2n) is 13.8. The van der Waals surface area contributed by atoms with Gasteiger partial charge in [-0.3, -0.25) is 0 Å². The molecule has 9 nitrogen and oxygen atoms in total. The molecule has 0 bridgehead atoms. The van der Waals surface area contributed by atoms with Crippen LogP contribution in [0.1, 0.15) is 167 Å². The number of unbranched alkanes of at least 4 members (excludes halogenated alkanes) is 20. The summed E-state index contributed by atoms with van der Waals surface area (Å²) in [7, 11) is 0. The predicted octanol–water partition coefficient (Wildman–Crippen LogP) is 5.66. The van der Waals surface area contributed by atoms with Crippen molar-refractivity contribution in [3.63, 3.8) is 0 Å². The molecule has 0 amide bonds. The zero-order chi connectivity index (χ0) is 33.1. The van der Waals surface area contributed by atoms with Crippen LogP contribution < -0.4 is 0 Å². The molecule has 1 fully saturated rings. The highest BCUT2D eigenvalue weighted by molar-refractivity contribution is 4.88. The average molecular weight is 649 g/mol. The van der Waals surface area contributed by atoms with Crippen LogP contribution in [0.15, 0.2) is 0 Å². The van der Waals surface area contributed by atoms with Gasteiger partial charge in [0, 0.05) is 0 Å². The third-order valence-electron chi connectivity index (χ3n) is 9.27. The summed E-state index contributed by atoms with van der Waals surface area (Å²) in [6.45, 7) is 1.41. The fraction of sp³-hybridized carbons (Fsp3) is 1.00. The highest BCUT2D eigenvalue weighted by Crippen LogP contribution is 2.22. The van der Waals surface area contributed by atoms with Gasteiger partial charge in [-0.1, -0.05) is 135 Å². The van der Waals surface area contributed by atoms with E-state index < -0.39 is 49.5 Å².